The van der Waals surface area contributed by atoms with Crippen LogP contribution in [0.2, 0.25) is 0 Å². The van der Waals surface area contributed by atoms with E-state index in [0.717, 1.165) is 30.1 Å². The number of hydrogen-bond acceptors (Lipinski definition) is 2. The summed E-state index contributed by atoms with van der Waals surface area (Å²) in [5, 5.41) is 11.5. The first-order chi connectivity index (χ1) is 13.7. The Labute approximate surface area is 179 Å². The molecule has 29 heavy (non-hydrogen) atoms. The zero-order valence-electron chi connectivity index (χ0n) is 19.8. The van der Waals surface area contributed by atoms with Crippen molar-refractivity contribution >= 4 is 0 Å². The third-order valence-electron chi connectivity index (χ3n) is 11.3. The Morgan fingerprint density at radius 3 is 2.52 bits per heavy atom. The predicted molar refractivity (Wildman–Crippen MR) is 119 cm³/mol. The van der Waals surface area contributed by atoms with Gasteiger partial charge in [-0.2, -0.15) is 0 Å². The monoisotopic (exact) mass is 402 g/mol. The third kappa shape index (κ3) is 2.54. The lowest BCUT2D eigenvalue weighted by molar-refractivity contribution is -0.130. The van der Waals surface area contributed by atoms with E-state index in [1.807, 2.05) is 0 Å². The van der Waals surface area contributed by atoms with Crippen LogP contribution in [-0.2, 0) is 4.74 Å². The summed E-state index contributed by atoms with van der Waals surface area (Å²) < 4.78 is 6.98. The standard InChI is InChI=1S/C27H46O2/c1-18(2)9-8-10-19(3)21-12-16-26-25(21,5)15-13-22-24(4)14-7-6-11-20(24)17-23(28)27(22,26)29-26/h18-23,28H,6-17H2,1-5H3/t19-,20-,21-,22-,23-,24+,25-,26+,27+/m1/s1. The summed E-state index contributed by atoms with van der Waals surface area (Å²) in [5.74, 6) is 3.69. The number of epoxide rings is 1. The van der Waals surface area contributed by atoms with Crippen molar-refractivity contribution in [1.82, 2.24) is 0 Å². The van der Waals surface area contributed by atoms with Gasteiger partial charge in [-0.25, -0.2) is 0 Å². The van der Waals surface area contributed by atoms with Crippen LogP contribution in [0.3, 0.4) is 0 Å². The first-order valence-electron chi connectivity index (χ1n) is 13.1. The summed E-state index contributed by atoms with van der Waals surface area (Å²) in [6.07, 6.45) is 15.5. The van der Waals surface area contributed by atoms with E-state index in [2.05, 4.69) is 34.6 Å². The number of fused-ring (bicyclic) bond motifs is 2. The van der Waals surface area contributed by atoms with Gasteiger partial charge in [0.25, 0.3) is 0 Å². The highest BCUT2D eigenvalue weighted by Gasteiger charge is 2.88. The lowest BCUT2D eigenvalue weighted by Gasteiger charge is -2.59. The summed E-state index contributed by atoms with van der Waals surface area (Å²) in [4.78, 5) is 0. The van der Waals surface area contributed by atoms with Crippen LogP contribution in [0.1, 0.15) is 112 Å². The number of aliphatic hydroxyl groups excluding tert-OH is 1. The van der Waals surface area contributed by atoms with Gasteiger partial charge in [0.15, 0.2) is 0 Å². The highest BCUT2D eigenvalue weighted by molar-refractivity contribution is 5.36. The first-order valence-corrected chi connectivity index (χ1v) is 13.1. The molecule has 5 aliphatic rings. The first kappa shape index (κ1) is 20.8. The summed E-state index contributed by atoms with van der Waals surface area (Å²) in [5.41, 5.74) is 0.475. The number of rotatable bonds is 5. The van der Waals surface area contributed by atoms with Gasteiger partial charge >= 0.3 is 0 Å². The van der Waals surface area contributed by atoms with Crippen molar-refractivity contribution in [2.45, 2.75) is 129 Å². The van der Waals surface area contributed by atoms with Gasteiger partial charge in [-0.3, -0.25) is 0 Å². The van der Waals surface area contributed by atoms with Crippen molar-refractivity contribution in [2.24, 2.45) is 40.4 Å². The van der Waals surface area contributed by atoms with E-state index >= 15 is 0 Å². The average Bonchev–Trinajstić information content (AvgIpc) is 3.26. The minimum absolute atomic E-state index is 0.00919. The third-order valence-corrected chi connectivity index (χ3v) is 11.3. The van der Waals surface area contributed by atoms with E-state index in [4.69, 9.17) is 4.74 Å². The second kappa shape index (κ2) is 6.71. The maximum atomic E-state index is 11.5. The maximum Gasteiger partial charge on any atom is 0.128 e. The van der Waals surface area contributed by atoms with Crippen LogP contribution in [0.15, 0.2) is 0 Å². The summed E-state index contributed by atoms with van der Waals surface area (Å²) in [6, 6.07) is 0. The molecule has 166 valence electrons. The molecule has 4 aliphatic carbocycles. The van der Waals surface area contributed by atoms with Crippen molar-refractivity contribution in [3.63, 3.8) is 0 Å². The van der Waals surface area contributed by atoms with Crippen molar-refractivity contribution in [1.29, 1.82) is 0 Å². The van der Waals surface area contributed by atoms with Crippen LogP contribution in [0.25, 0.3) is 0 Å². The summed E-state index contributed by atoms with van der Waals surface area (Å²) in [7, 11) is 0. The fourth-order valence-corrected chi connectivity index (χ4v) is 9.80. The molecule has 5 rings (SSSR count). The molecule has 1 aliphatic heterocycles. The molecule has 1 saturated heterocycles. The largest absolute Gasteiger partial charge is 0.390 e. The zero-order valence-corrected chi connectivity index (χ0v) is 19.8. The average molecular weight is 403 g/mol. The van der Waals surface area contributed by atoms with Crippen LogP contribution < -0.4 is 0 Å². The second-order valence-electron chi connectivity index (χ2n) is 12.9. The Morgan fingerprint density at radius 2 is 1.76 bits per heavy atom. The molecule has 0 aromatic heterocycles. The maximum absolute atomic E-state index is 11.5. The van der Waals surface area contributed by atoms with Gasteiger partial charge in [-0.15, -0.1) is 0 Å². The molecule has 0 radical (unpaired) electrons. The smallest absolute Gasteiger partial charge is 0.128 e. The molecule has 1 N–H and O–H groups in total. The molecule has 0 unspecified atom stereocenters. The van der Waals surface area contributed by atoms with Crippen molar-refractivity contribution in [3.05, 3.63) is 0 Å². The molecule has 2 spiro atoms. The Hall–Kier alpha value is -0.0800. The minimum atomic E-state index is -0.224. The van der Waals surface area contributed by atoms with Gasteiger partial charge < -0.3 is 9.84 Å². The molecule has 0 aromatic rings. The van der Waals surface area contributed by atoms with E-state index in [1.165, 1.54) is 70.6 Å². The fraction of sp³-hybridized carbons (Fsp3) is 1.00. The van der Waals surface area contributed by atoms with E-state index in [-0.39, 0.29) is 22.7 Å². The van der Waals surface area contributed by atoms with Crippen molar-refractivity contribution in [3.8, 4) is 0 Å². The van der Waals surface area contributed by atoms with E-state index in [0.29, 0.717) is 11.3 Å². The van der Waals surface area contributed by atoms with Crippen molar-refractivity contribution in [2.75, 3.05) is 0 Å². The van der Waals surface area contributed by atoms with Crippen LogP contribution >= 0.6 is 0 Å². The molecule has 2 heteroatoms. The SMILES string of the molecule is CC(C)CCC[C@@H](C)[C@H]1CC[C@@]23O[C@@]24[C@H](O)C[C@H]2CCCC[C@]2(C)[C@H]4CC[C@]13C. The van der Waals surface area contributed by atoms with Crippen LogP contribution in [-0.4, -0.2) is 22.4 Å². The number of ether oxygens (including phenoxy) is 1. The van der Waals surface area contributed by atoms with Crippen LogP contribution in [0.5, 0.6) is 0 Å². The lowest BCUT2D eigenvalue weighted by Crippen LogP contribution is -2.63. The normalized spacial score (nSPS) is 54.3. The molecular weight excluding hydrogens is 356 g/mol. The van der Waals surface area contributed by atoms with Gasteiger partial charge in [-0.05, 0) is 80.0 Å². The van der Waals surface area contributed by atoms with Gasteiger partial charge in [0, 0.05) is 5.41 Å². The zero-order chi connectivity index (χ0) is 20.7. The van der Waals surface area contributed by atoms with E-state index < -0.39 is 0 Å². The lowest BCUT2D eigenvalue weighted by atomic mass is 9.44. The van der Waals surface area contributed by atoms with Gasteiger partial charge in [0.2, 0.25) is 0 Å². The highest BCUT2D eigenvalue weighted by atomic mass is 16.6. The summed E-state index contributed by atoms with van der Waals surface area (Å²) >= 11 is 0. The predicted octanol–water partition coefficient (Wildman–Crippen LogP) is 6.74. The molecular formula is C27H46O2. The van der Waals surface area contributed by atoms with Gasteiger partial charge in [0.1, 0.15) is 11.2 Å². The topological polar surface area (TPSA) is 32.8 Å². The quantitative estimate of drug-likeness (QED) is 0.516. The molecule has 2 nitrogen and oxygen atoms in total. The van der Waals surface area contributed by atoms with Gasteiger partial charge in [-0.1, -0.05) is 66.7 Å². The van der Waals surface area contributed by atoms with E-state index in [9.17, 15) is 5.11 Å². The Morgan fingerprint density at radius 1 is 0.966 bits per heavy atom. The molecule has 0 amide bonds. The van der Waals surface area contributed by atoms with Gasteiger partial charge in [0.05, 0.1) is 6.10 Å². The molecule has 0 bridgehead atoms. The minimum Gasteiger partial charge on any atom is -0.390 e. The Bertz CT molecular complexity index is 644. The second-order valence-corrected chi connectivity index (χ2v) is 12.9. The molecule has 1 heterocycles. The van der Waals surface area contributed by atoms with Crippen molar-refractivity contribution < 1.29 is 9.84 Å². The fourth-order valence-electron chi connectivity index (χ4n) is 9.80. The van der Waals surface area contributed by atoms with Crippen LogP contribution in [0.4, 0.5) is 0 Å². The van der Waals surface area contributed by atoms with Crippen LogP contribution in [0, 0.1) is 40.4 Å². The highest BCUT2D eigenvalue weighted by Crippen LogP contribution is 2.81. The molecule has 5 fully saturated rings. The Kier molecular flexibility index (Phi) is 4.81. The molecule has 9 atom stereocenters. The van der Waals surface area contributed by atoms with E-state index in [1.54, 1.807) is 0 Å². The Balaban J connectivity index is 1.40. The number of aliphatic hydroxyl groups is 1. The number of hydrogen-bond donors (Lipinski definition) is 1. The summed E-state index contributed by atoms with van der Waals surface area (Å²) in [6.45, 7) is 12.4. The molecule has 4 saturated carbocycles. The molecule has 0 aromatic carbocycles.